The molecule has 4 unspecified atom stereocenters. The first-order chi connectivity index (χ1) is 15.9. The summed E-state index contributed by atoms with van der Waals surface area (Å²) in [5.74, 6) is 0.256. The smallest absolute Gasteiger partial charge is 0.254 e. The van der Waals surface area contributed by atoms with E-state index >= 15 is 4.39 Å². The zero-order valence-corrected chi connectivity index (χ0v) is 20.2. The number of rotatable bonds is 4. The average Bonchev–Trinajstić information content (AvgIpc) is 3.27. The van der Waals surface area contributed by atoms with Gasteiger partial charge in [-0.05, 0) is 68.5 Å². The number of amides is 1. The molecule has 172 valence electrons. The van der Waals surface area contributed by atoms with Crippen molar-refractivity contribution in [2.75, 3.05) is 7.05 Å². The van der Waals surface area contributed by atoms with Crippen LogP contribution in [-0.2, 0) is 0 Å². The molecule has 2 aliphatic heterocycles. The Morgan fingerprint density at radius 3 is 2.67 bits per heavy atom. The summed E-state index contributed by atoms with van der Waals surface area (Å²) in [5, 5.41) is 6.98. The molecule has 8 heteroatoms. The van der Waals surface area contributed by atoms with Gasteiger partial charge in [0.15, 0.2) is 0 Å². The Morgan fingerprint density at radius 2 is 1.94 bits per heavy atom. The lowest BCUT2D eigenvalue weighted by Gasteiger charge is -2.35. The van der Waals surface area contributed by atoms with Crippen molar-refractivity contribution in [3.8, 4) is 0 Å². The maximum atomic E-state index is 15.3. The number of piperidine rings is 1. The number of carbonyl (C=O) groups excluding carboxylic acids is 1. The molecule has 3 aromatic rings. The fourth-order valence-corrected chi connectivity index (χ4v) is 7.03. The molecular weight excluding hydrogens is 459 g/mol. The Hall–Kier alpha value is -2.09. The molecular formula is C25H26ClFN4OS. The van der Waals surface area contributed by atoms with Crippen molar-refractivity contribution in [3.05, 3.63) is 57.1 Å². The first-order valence-electron chi connectivity index (χ1n) is 11.6. The standard InChI is InChI=1S/C25H26ClFN4OS/c1-12-28-23(17-5-6-33-24(17)29-12)19-11-18(19)22-20(26)7-13(8-21(22)27)25(32)31(2)16-9-14-3-4-15(10-16)30-14/h5-8,14-16,18-19,30H,3-4,9-11H2,1-2H3. The van der Waals surface area contributed by atoms with Gasteiger partial charge in [-0.1, -0.05) is 11.6 Å². The Kier molecular flexibility index (Phi) is 5.20. The number of thiophene rings is 1. The highest BCUT2D eigenvalue weighted by Crippen LogP contribution is 2.57. The van der Waals surface area contributed by atoms with Gasteiger partial charge in [0.1, 0.15) is 16.5 Å². The van der Waals surface area contributed by atoms with Crippen LogP contribution in [0.1, 0.15) is 71.4 Å². The fraction of sp³-hybridized carbons (Fsp3) is 0.480. The molecule has 2 bridgehead atoms. The number of halogens is 2. The third-order valence-corrected chi connectivity index (χ3v) is 8.74. The van der Waals surface area contributed by atoms with Gasteiger partial charge in [-0.3, -0.25) is 4.79 Å². The largest absolute Gasteiger partial charge is 0.339 e. The topological polar surface area (TPSA) is 58.1 Å². The van der Waals surface area contributed by atoms with Crippen LogP contribution in [0.4, 0.5) is 4.39 Å². The van der Waals surface area contributed by atoms with Crippen molar-refractivity contribution in [3.63, 3.8) is 0 Å². The van der Waals surface area contributed by atoms with Crippen LogP contribution in [-0.4, -0.2) is 45.9 Å². The van der Waals surface area contributed by atoms with Crippen molar-refractivity contribution in [2.45, 2.75) is 69.0 Å². The Morgan fingerprint density at radius 1 is 1.18 bits per heavy atom. The minimum atomic E-state index is -0.399. The summed E-state index contributed by atoms with van der Waals surface area (Å²) >= 11 is 8.18. The predicted octanol–water partition coefficient (Wildman–Crippen LogP) is 5.42. The molecule has 1 amide bonds. The van der Waals surface area contributed by atoms with Gasteiger partial charge in [-0.2, -0.15) is 0 Å². The van der Waals surface area contributed by atoms with Gasteiger partial charge in [-0.25, -0.2) is 14.4 Å². The molecule has 1 aromatic carbocycles. The predicted molar refractivity (Wildman–Crippen MR) is 129 cm³/mol. The van der Waals surface area contributed by atoms with E-state index in [1.165, 1.54) is 18.9 Å². The second-order valence-electron chi connectivity index (χ2n) is 9.78. The molecule has 3 aliphatic rings. The van der Waals surface area contributed by atoms with E-state index in [0.29, 0.717) is 28.2 Å². The zero-order chi connectivity index (χ0) is 22.9. The van der Waals surface area contributed by atoms with Crippen LogP contribution in [0.15, 0.2) is 23.6 Å². The van der Waals surface area contributed by atoms with E-state index < -0.39 is 5.82 Å². The van der Waals surface area contributed by atoms with E-state index in [4.69, 9.17) is 11.6 Å². The van der Waals surface area contributed by atoms with E-state index in [9.17, 15) is 4.79 Å². The van der Waals surface area contributed by atoms with Gasteiger partial charge in [0, 0.05) is 52.6 Å². The lowest BCUT2D eigenvalue weighted by molar-refractivity contribution is 0.0681. The van der Waals surface area contributed by atoms with Crippen molar-refractivity contribution in [1.29, 1.82) is 0 Å². The SMILES string of the molecule is Cc1nc(C2CC2c2c(F)cc(C(=O)N(C)C3CC4CCC(C3)N4)cc2Cl)c2ccsc2n1. The monoisotopic (exact) mass is 484 g/mol. The van der Waals surface area contributed by atoms with Crippen LogP contribution in [0.25, 0.3) is 10.2 Å². The molecule has 2 saturated heterocycles. The molecule has 0 spiro atoms. The number of hydrogen-bond acceptors (Lipinski definition) is 5. The van der Waals surface area contributed by atoms with Crippen molar-refractivity contribution in [2.24, 2.45) is 0 Å². The van der Waals surface area contributed by atoms with Crippen LogP contribution in [0.3, 0.4) is 0 Å². The lowest BCUT2D eigenvalue weighted by atomic mass is 9.97. The number of carbonyl (C=O) groups is 1. The average molecular weight is 485 g/mol. The number of nitrogens with zero attached hydrogens (tertiary/aromatic N) is 3. The Balaban J connectivity index is 1.24. The highest BCUT2D eigenvalue weighted by molar-refractivity contribution is 7.16. The highest BCUT2D eigenvalue weighted by atomic mass is 35.5. The normalized spacial score (nSPS) is 28.3. The van der Waals surface area contributed by atoms with E-state index in [-0.39, 0.29) is 23.8 Å². The number of aromatic nitrogens is 2. The summed E-state index contributed by atoms with van der Waals surface area (Å²) in [6.45, 7) is 1.89. The Bertz CT molecular complexity index is 1230. The third-order valence-electron chi connectivity index (χ3n) is 7.62. The van der Waals surface area contributed by atoms with Gasteiger partial charge in [0.25, 0.3) is 5.91 Å². The number of benzene rings is 1. The molecule has 6 rings (SSSR count). The van der Waals surface area contributed by atoms with E-state index in [0.717, 1.165) is 41.0 Å². The zero-order valence-electron chi connectivity index (χ0n) is 18.6. The molecule has 4 heterocycles. The fourth-order valence-electron chi connectivity index (χ4n) is 5.86. The second kappa shape index (κ2) is 8.00. The summed E-state index contributed by atoms with van der Waals surface area (Å²) in [6, 6.07) is 6.20. The van der Waals surface area contributed by atoms with E-state index in [2.05, 4.69) is 15.3 Å². The van der Waals surface area contributed by atoms with Crippen LogP contribution < -0.4 is 5.32 Å². The minimum absolute atomic E-state index is 0.0307. The number of hydrogen-bond donors (Lipinski definition) is 1. The molecule has 1 aliphatic carbocycles. The van der Waals surface area contributed by atoms with Crippen molar-refractivity contribution in [1.82, 2.24) is 20.2 Å². The summed E-state index contributed by atoms with van der Waals surface area (Å²) in [5.41, 5.74) is 1.80. The van der Waals surface area contributed by atoms with Crippen molar-refractivity contribution < 1.29 is 9.18 Å². The molecule has 33 heavy (non-hydrogen) atoms. The maximum Gasteiger partial charge on any atom is 0.254 e. The molecule has 2 aromatic heterocycles. The summed E-state index contributed by atoms with van der Waals surface area (Å²) < 4.78 is 15.3. The number of fused-ring (bicyclic) bond motifs is 3. The first-order valence-corrected chi connectivity index (χ1v) is 12.9. The molecule has 1 N–H and O–H groups in total. The third kappa shape index (κ3) is 3.74. The summed E-state index contributed by atoms with van der Waals surface area (Å²) in [7, 11) is 1.83. The maximum absolute atomic E-state index is 15.3. The van der Waals surface area contributed by atoms with Gasteiger partial charge in [0.05, 0.1) is 5.69 Å². The molecule has 5 nitrogen and oxygen atoms in total. The second-order valence-corrected chi connectivity index (χ2v) is 11.1. The van der Waals surface area contributed by atoms with E-state index in [1.807, 2.05) is 25.4 Å². The molecule has 4 atom stereocenters. The first kappa shape index (κ1) is 21.4. The molecule has 0 radical (unpaired) electrons. The van der Waals surface area contributed by atoms with Crippen LogP contribution >= 0.6 is 22.9 Å². The number of aryl methyl sites for hydroxylation is 1. The summed E-state index contributed by atoms with van der Waals surface area (Å²) in [4.78, 5) is 25.1. The van der Waals surface area contributed by atoms with Crippen LogP contribution in [0.2, 0.25) is 5.02 Å². The van der Waals surface area contributed by atoms with Crippen LogP contribution in [0, 0.1) is 12.7 Å². The Labute approximate surface area is 201 Å². The summed E-state index contributed by atoms with van der Waals surface area (Å²) in [6.07, 6.45) is 5.04. The number of nitrogens with one attached hydrogen (secondary N) is 1. The quantitative estimate of drug-likeness (QED) is 0.537. The van der Waals surface area contributed by atoms with E-state index in [1.54, 1.807) is 22.3 Å². The van der Waals surface area contributed by atoms with Crippen molar-refractivity contribution >= 4 is 39.1 Å². The van der Waals surface area contributed by atoms with Gasteiger partial charge in [-0.15, -0.1) is 11.3 Å². The lowest BCUT2D eigenvalue weighted by Crippen LogP contribution is -2.48. The highest BCUT2D eigenvalue weighted by Gasteiger charge is 2.45. The van der Waals surface area contributed by atoms with Gasteiger partial charge >= 0.3 is 0 Å². The van der Waals surface area contributed by atoms with Gasteiger partial charge in [0.2, 0.25) is 0 Å². The van der Waals surface area contributed by atoms with Gasteiger partial charge < -0.3 is 10.2 Å². The minimum Gasteiger partial charge on any atom is -0.339 e. The molecule has 3 fully saturated rings. The van der Waals surface area contributed by atoms with Crippen LogP contribution in [0.5, 0.6) is 0 Å². The molecule has 1 saturated carbocycles.